The minimum Gasteiger partial charge on any atom is -0.332 e. The van der Waals surface area contributed by atoms with Crippen LogP contribution in [-0.2, 0) is 7.05 Å². The van der Waals surface area contributed by atoms with E-state index in [1.165, 1.54) is 6.20 Å². The Morgan fingerprint density at radius 2 is 2.00 bits per heavy atom. The van der Waals surface area contributed by atoms with E-state index in [0.29, 0.717) is 28.9 Å². The van der Waals surface area contributed by atoms with E-state index >= 15 is 4.39 Å². The number of carbonyl (C=O) groups is 2. The van der Waals surface area contributed by atoms with Gasteiger partial charge in [0.25, 0.3) is 11.8 Å². The molecule has 7 nitrogen and oxygen atoms in total. The molecule has 6 rings (SSSR count). The molecule has 0 saturated carbocycles. The van der Waals surface area contributed by atoms with Gasteiger partial charge in [0.05, 0.1) is 17.9 Å². The molecule has 1 fully saturated rings. The molecule has 0 spiro atoms. The van der Waals surface area contributed by atoms with E-state index in [9.17, 15) is 9.59 Å². The number of amides is 2. The number of likely N-dealkylation sites (tertiary alicyclic amines) is 1. The lowest BCUT2D eigenvalue weighted by atomic mass is 9.98. The number of anilines is 1. The van der Waals surface area contributed by atoms with Crippen molar-refractivity contribution in [2.75, 3.05) is 11.9 Å². The van der Waals surface area contributed by atoms with Gasteiger partial charge in [-0.3, -0.25) is 19.3 Å². The normalized spacial score (nSPS) is 15.2. The Hall–Kier alpha value is -4.37. The Labute approximate surface area is 222 Å². The SMILES string of the molecule is Cn1cc(NC(=O)c2scc(-c3cccc(C4CCCN4C(=O)c4ccc5cnccc5c4)c3)c2F)cn1. The van der Waals surface area contributed by atoms with Gasteiger partial charge in [-0.1, -0.05) is 24.3 Å². The number of nitrogens with one attached hydrogen (secondary N) is 1. The molecule has 4 heterocycles. The van der Waals surface area contributed by atoms with Crippen LogP contribution in [0.3, 0.4) is 0 Å². The van der Waals surface area contributed by atoms with Gasteiger partial charge in [-0.15, -0.1) is 11.3 Å². The van der Waals surface area contributed by atoms with Crippen molar-refractivity contribution < 1.29 is 14.0 Å². The van der Waals surface area contributed by atoms with Crippen LogP contribution >= 0.6 is 11.3 Å². The molecular weight excluding hydrogens is 501 g/mol. The van der Waals surface area contributed by atoms with Crippen LogP contribution in [0.4, 0.5) is 10.1 Å². The quantitative estimate of drug-likeness (QED) is 0.302. The number of fused-ring (bicyclic) bond motifs is 1. The first-order valence-electron chi connectivity index (χ1n) is 12.3. The van der Waals surface area contributed by atoms with Crippen molar-refractivity contribution in [2.24, 2.45) is 7.05 Å². The average molecular weight is 526 g/mol. The third-order valence-electron chi connectivity index (χ3n) is 6.88. The highest BCUT2D eigenvalue weighted by molar-refractivity contribution is 7.12. The number of aromatic nitrogens is 3. The van der Waals surface area contributed by atoms with Gasteiger partial charge in [0.2, 0.25) is 0 Å². The molecule has 1 atom stereocenters. The molecule has 1 saturated heterocycles. The van der Waals surface area contributed by atoms with Gasteiger partial charge in [-0.05, 0) is 53.6 Å². The highest BCUT2D eigenvalue weighted by Crippen LogP contribution is 2.37. The Morgan fingerprint density at radius 1 is 1.11 bits per heavy atom. The van der Waals surface area contributed by atoms with Gasteiger partial charge in [0.15, 0.2) is 5.82 Å². The number of thiophene rings is 1. The predicted octanol–water partition coefficient (Wildman–Crippen LogP) is 6.07. The fraction of sp³-hybridized carbons (Fsp3) is 0.172. The smallest absolute Gasteiger partial charge is 0.268 e. The summed E-state index contributed by atoms with van der Waals surface area (Å²) in [4.78, 5) is 32.2. The standard InChI is InChI=1S/C29H24FN5O2S/c1-34-16-23(15-32-34)33-28(36)27-26(30)24(17-38-27)19-4-2-5-20(13-19)25-6-3-11-35(25)29(37)21-7-8-22-14-31-10-9-18(22)12-21/h2,4-5,7-10,12-17,25H,3,6,11H2,1H3,(H,33,36). The topological polar surface area (TPSA) is 80.1 Å². The highest BCUT2D eigenvalue weighted by atomic mass is 32.1. The minimum atomic E-state index is -0.557. The van der Waals surface area contributed by atoms with E-state index in [2.05, 4.69) is 15.4 Å². The molecule has 3 aromatic heterocycles. The number of rotatable bonds is 5. The molecule has 1 aliphatic heterocycles. The molecule has 0 radical (unpaired) electrons. The Bertz CT molecular complexity index is 1680. The van der Waals surface area contributed by atoms with Gasteiger partial charge in [-0.2, -0.15) is 5.10 Å². The van der Waals surface area contributed by atoms with Crippen molar-refractivity contribution in [2.45, 2.75) is 18.9 Å². The minimum absolute atomic E-state index is 0.0124. The van der Waals surface area contributed by atoms with Crippen molar-refractivity contribution in [3.63, 3.8) is 0 Å². The number of aryl methyl sites for hydroxylation is 1. The van der Waals surface area contributed by atoms with E-state index in [1.807, 2.05) is 53.4 Å². The largest absolute Gasteiger partial charge is 0.332 e. The monoisotopic (exact) mass is 525 g/mol. The summed E-state index contributed by atoms with van der Waals surface area (Å²) >= 11 is 1.06. The van der Waals surface area contributed by atoms with Crippen LogP contribution < -0.4 is 5.32 Å². The second-order valence-corrected chi connectivity index (χ2v) is 10.2. The van der Waals surface area contributed by atoms with Crippen LogP contribution in [0.2, 0.25) is 0 Å². The van der Waals surface area contributed by atoms with Gasteiger partial charge < -0.3 is 10.2 Å². The van der Waals surface area contributed by atoms with Crippen molar-refractivity contribution in [3.8, 4) is 11.1 Å². The Morgan fingerprint density at radius 3 is 2.84 bits per heavy atom. The molecule has 0 aliphatic carbocycles. The molecule has 2 amide bonds. The zero-order chi connectivity index (χ0) is 26.2. The number of nitrogens with zero attached hydrogens (tertiary/aromatic N) is 4. The maximum Gasteiger partial charge on any atom is 0.268 e. The third-order valence-corrected chi connectivity index (χ3v) is 7.84. The van der Waals surface area contributed by atoms with Crippen LogP contribution in [0.15, 0.2) is 78.7 Å². The highest BCUT2D eigenvalue weighted by Gasteiger charge is 2.31. The number of hydrogen-bond donors (Lipinski definition) is 1. The van der Waals surface area contributed by atoms with Gasteiger partial charge in [0.1, 0.15) is 4.88 Å². The van der Waals surface area contributed by atoms with Gasteiger partial charge >= 0.3 is 0 Å². The van der Waals surface area contributed by atoms with Crippen LogP contribution in [-0.4, -0.2) is 38.0 Å². The molecule has 1 unspecified atom stereocenters. The summed E-state index contributed by atoms with van der Waals surface area (Å²) in [5.41, 5.74) is 3.13. The summed E-state index contributed by atoms with van der Waals surface area (Å²) in [6, 6.07) is 15.1. The molecule has 2 aromatic carbocycles. The third kappa shape index (κ3) is 4.45. The molecule has 5 aromatic rings. The Balaban J connectivity index is 1.25. The number of pyridine rings is 1. The first-order chi connectivity index (χ1) is 18.5. The molecule has 1 aliphatic rings. The summed E-state index contributed by atoms with van der Waals surface area (Å²) in [5, 5.41) is 10.3. The summed E-state index contributed by atoms with van der Waals surface area (Å²) in [6.07, 6.45) is 8.39. The summed E-state index contributed by atoms with van der Waals surface area (Å²) in [6.45, 7) is 0.660. The molecule has 190 valence electrons. The van der Waals surface area contributed by atoms with E-state index in [1.54, 1.807) is 35.7 Å². The van der Waals surface area contributed by atoms with E-state index in [0.717, 1.165) is 40.5 Å². The predicted molar refractivity (Wildman–Crippen MR) is 146 cm³/mol. The average Bonchev–Trinajstić information content (AvgIpc) is 3.68. The summed E-state index contributed by atoms with van der Waals surface area (Å²) < 4.78 is 17.0. The first-order valence-corrected chi connectivity index (χ1v) is 13.2. The van der Waals surface area contributed by atoms with Crippen molar-refractivity contribution >= 4 is 39.6 Å². The van der Waals surface area contributed by atoms with E-state index < -0.39 is 11.7 Å². The molecule has 9 heteroatoms. The van der Waals surface area contributed by atoms with Crippen molar-refractivity contribution in [1.82, 2.24) is 19.7 Å². The number of hydrogen-bond acceptors (Lipinski definition) is 5. The second-order valence-electron chi connectivity index (χ2n) is 9.37. The van der Waals surface area contributed by atoms with Crippen LogP contribution in [0, 0.1) is 5.82 Å². The van der Waals surface area contributed by atoms with E-state index in [4.69, 9.17) is 0 Å². The molecule has 38 heavy (non-hydrogen) atoms. The fourth-order valence-corrected chi connectivity index (χ4v) is 5.86. The maximum absolute atomic E-state index is 15.4. The lowest BCUT2D eigenvalue weighted by Crippen LogP contribution is -2.30. The number of halogens is 1. The first kappa shape index (κ1) is 24.0. The summed E-state index contributed by atoms with van der Waals surface area (Å²) in [5.74, 6) is -1.09. The van der Waals surface area contributed by atoms with E-state index in [-0.39, 0.29) is 16.8 Å². The number of carbonyl (C=O) groups excluding carboxylic acids is 2. The fourth-order valence-electron chi connectivity index (χ4n) is 5.02. The lowest BCUT2D eigenvalue weighted by molar-refractivity contribution is 0.0735. The lowest BCUT2D eigenvalue weighted by Gasteiger charge is -2.26. The maximum atomic E-state index is 15.4. The second kappa shape index (κ2) is 9.83. The van der Waals surface area contributed by atoms with Gasteiger partial charge in [0, 0.05) is 54.1 Å². The van der Waals surface area contributed by atoms with Crippen molar-refractivity contribution in [3.05, 3.63) is 101 Å². The van der Waals surface area contributed by atoms with Crippen LogP contribution in [0.5, 0.6) is 0 Å². The molecule has 0 bridgehead atoms. The summed E-state index contributed by atoms with van der Waals surface area (Å²) in [7, 11) is 1.74. The zero-order valence-corrected chi connectivity index (χ0v) is 21.4. The van der Waals surface area contributed by atoms with Crippen LogP contribution in [0.1, 0.15) is 44.5 Å². The van der Waals surface area contributed by atoms with Crippen LogP contribution in [0.25, 0.3) is 21.9 Å². The van der Waals surface area contributed by atoms with Gasteiger partial charge in [-0.25, -0.2) is 4.39 Å². The number of benzene rings is 2. The zero-order valence-electron chi connectivity index (χ0n) is 20.6. The molecule has 1 N–H and O–H groups in total. The van der Waals surface area contributed by atoms with Crippen molar-refractivity contribution in [1.29, 1.82) is 0 Å². The molecular formula is C29H24FN5O2S. The Kier molecular flexibility index (Phi) is 6.21.